The molecule has 0 aliphatic heterocycles. The van der Waals surface area contributed by atoms with Crippen LogP contribution in [0.25, 0.3) is 0 Å². The van der Waals surface area contributed by atoms with Crippen molar-refractivity contribution in [1.82, 2.24) is 10.1 Å². The molecule has 4 nitrogen and oxygen atoms in total. The van der Waals surface area contributed by atoms with E-state index in [4.69, 9.17) is 4.52 Å². The van der Waals surface area contributed by atoms with Crippen LogP contribution >= 0.6 is 0 Å². The molecule has 1 aromatic carbocycles. The normalized spacial score (nSPS) is 27.5. The minimum Gasteiger partial charge on any atom is -0.392 e. The average Bonchev–Trinajstić information content (AvgIpc) is 3.20. The summed E-state index contributed by atoms with van der Waals surface area (Å²) >= 11 is 0. The molecule has 2 fully saturated rings. The molecule has 0 bridgehead atoms. The highest BCUT2D eigenvalue weighted by atomic mass is 16.5. The van der Waals surface area contributed by atoms with Crippen LogP contribution in [0.15, 0.2) is 34.9 Å². The molecular weight excluding hydrogens is 264 g/mol. The van der Waals surface area contributed by atoms with Crippen molar-refractivity contribution in [3.8, 4) is 0 Å². The topological polar surface area (TPSA) is 59.2 Å². The second-order valence-corrected chi connectivity index (χ2v) is 6.36. The lowest BCUT2D eigenvalue weighted by Crippen LogP contribution is -2.23. The highest BCUT2D eigenvalue weighted by Crippen LogP contribution is 2.52. The SMILES string of the molecule is OC1CCCCC1c1nc(C2(c3ccccc3)CC2)no1. The lowest BCUT2D eigenvalue weighted by atomic mass is 9.86. The predicted molar refractivity (Wildman–Crippen MR) is 78.0 cm³/mol. The number of aromatic nitrogens is 2. The standard InChI is InChI=1S/C17H20N2O2/c20-14-9-5-4-8-13(14)15-18-16(19-21-15)17(10-11-17)12-6-2-1-3-7-12/h1-3,6-7,13-14,20H,4-5,8-11H2. The van der Waals surface area contributed by atoms with Crippen LogP contribution < -0.4 is 0 Å². The zero-order valence-corrected chi connectivity index (χ0v) is 12.0. The van der Waals surface area contributed by atoms with Crippen molar-refractivity contribution in [2.75, 3.05) is 0 Å². The molecular formula is C17H20N2O2. The van der Waals surface area contributed by atoms with Crippen molar-refractivity contribution in [3.63, 3.8) is 0 Å². The third-order valence-corrected chi connectivity index (χ3v) is 4.99. The smallest absolute Gasteiger partial charge is 0.232 e. The second-order valence-electron chi connectivity index (χ2n) is 6.36. The van der Waals surface area contributed by atoms with Gasteiger partial charge < -0.3 is 9.63 Å². The van der Waals surface area contributed by atoms with Crippen molar-refractivity contribution in [3.05, 3.63) is 47.6 Å². The molecule has 4 rings (SSSR count). The van der Waals surface area contributed by atoms with E-state index in [1.165, 1.54) is 5.56 Å². The van der Waals surface area contributed by atoms with E-state index in [0.29, 0.717) is 5.89 Å². The Morgan fingerprint density at radius 2 is 1.86 bits per heavy atom. The number of hydrogen-bond donors (Lipinski definition) is 1. The molecule has 0 amide bonds. The van der Waals surface area contributed by atoms with Gasteiger partial charge in [0.2, 0.25) is 5.89 Å². The number of aliphatic hydroxyl groups excluding tert-OH is 1. The van der Waals surface area contributed by atoms with Gasteiger partial charge in [0.15, 0.2) is 5.82 Å². The van der Waals surface area contributed by atoms with Crippen LogP contribution in [-0.4, -0.2) is 21.4 Å². The molecule has 1 N–H and O–H groups in total. The lowest BCUT2D eigenvalue weighted by Gasteiger charge is -2.24. The van der Waals surface area contributed by atoms with Gasteiger partial charge in [-0.25, -0.2) is 0 Å². The Bertz CT molecular complexity index is 619. The molecule has 110 valence electrons. The minimum atomic E-state index is -0.334. The van der Waals surface area contributed by atoms with Gasteiger partial charge in [-0.1, -0.05) is 48.3 Å². The maximum atomic E-state index is 10.1. The van der Waals surface area contributed by atoms with E-state index in [0.717, 1.165) is 44.3 Å². The summed E-state index contributed by atoms with van der Waals surface area (Å²) in [6.45, 7) is 0. The van der Waals surface area contributed by atoms with Crippen molar-refractivity contribution < 1.29 is 9.63 Å². The van der Waals surface area contributed by atoms with E-state index in [2.05, 4.69) is 34.4 Å². The Balaban J connectivity index is 1.63. The summed E-state index contributed by atoms with van der Waals surface area (Å²) < 4.78 is 5.50. The number of aliphatic hydroxyl groups is 1. The van der Waals surface area contributed by atoms with Gasteiger partial charge in [0, 0.05) is 0 Å². The van der Waals surface area contributed by atoms with E-state index in [-0.39, 0.29) is 17.4 Å². The third-order valence-electron chi connectivity index (χ3n) is 4.99. The summed E-state index contributed by atoms with van der Waals surface area (Å²) in [6, 6.07) is 10.4. The van der Waals surface area contributed by atoms with Gasteiger partial charge >= 0.3 is 0 Å². The van der Waals surface area contributed by atoms with Crippen LogP contribution in [0.2, 0.25) is 0 Å². The Kier molecular flexibility index (Phi) is 3.07. The van der Waals surface area contributed by atoms with Crippen LogP contribution in [0, 0.1) is 0 Å². The minimum absolute atomic E-state index is 0.0200. The molecule has 1 aromatic heterocycles. The highest BCUT2D eigenvalue weighted by molar-refractivity contribution is 5.38. The molecule has 2 aliphatic rings. The molecule has 1 heterocycles. The molecule has 2 unspecified atom stereocenters. The Morgan fingerprint density at radius 1 is 1.10 bits per heavy atom. The van der Waals surface area contributed by atoms with Gasteiger partial charge in [-0.3, -0.25) is 0 Å². The zero-order valence-electron chi connectivity index (χ0n) is 12.0. The Hall–Kier alpha value is -1.68. The second kappa shape index (κ2) is 4.95. The summed E-state index contributed by atoms with van der Waals surface area (Å²) in [5.41, 5.74) is 1.21. The molecule has 2 saturated carbocycles. The zero-order chi connectivity index (χ0) is 14.3. The molecule has 0 saturated heterocycles. The summed E-state index contributed by atoms with van der Waals surface area (Å²) in [7, 11) is 0. The van der Waals surface area contributed by atoms with E-state index >= 15 is 0 Å². The van der Waals surface area contributed by atoms with Crippen molar-refractivity contribution in [2.45, 2.75) is 56.0 Å². The first-order valence-electron chi connectivity index (χ1n) is 7.87. The molecule has 2 aliphatic carbocycles. The van der Waals surface area contributed by atoms with Gasteiger partial charge in [-0.05, 0) is 31.2 Å². The first-order chi connectivity index (χ1) is 10.3. The van der Waals surface area contributed by atoms with Gasteiger partial charge in [0.1, 0.15) is 0 Å². The van der Waals surface area contributed by atoms with Gasteiger partial charge in [-0.15, -0.1) is 0 Å². The molecule has 0 spiro atoms. The van der Waals surface area contributed by atoms with E-state index in [1.807, 2.05) is 6.07 Å². The number of hydrogen-bond acceptors (Lipinski definition) is 4. The third kappa shape index (κ3) is 2.18. The van der Waals surface area contributed by atoms with Crippen molar-refractivity contribution >= 4 is 0 Å². The van der Waals surface area contributed by atoms with E-state index < -0.39 is 0 Å². The van der Waals surface area contributed by atoms with Crippen LogP contribution in [0.3, 0.4) is 0 Å². The van der Waals surface area contributed by atoms with Crippen molar-refractivity contribution in [2.24, 2.45) is 0 Å². The Labute approximate surface area is 124 Å². The van der Waals surface area contributed by atoms with Crippen molar-refractivity contribution in [1.29, 1.82) is 0 Å². The maximum Gasteiger partial charge on any atom is 0.232 e. The van der Waals surface area contributed by atoms with E-state index in [1.54, 1.807) is 0 Å². The van der Waals surface area contributed by atoms with Gasteiger partial charge in [0.05, 0.1) is 17.4 Å². The lowest BCUT2D eigenvalue weighted by molar-refractivity contribution is 0.0908. The fourth-order valence-corrected chi connectivity index (χ4v) is 3.50. The maximum absolute atomic E-state index is 10.1. The van der Waals surface area contributed by atoms with Gasteiger partial charge in [-0.2, -0.15) is 4.98 Å². The summed E-state index contributed by atoms with van der Waals surface area (Å²) in [4.78, 5) is 4.66. The average molecular weight is 284 g/mol. The fourth-order valence-electron chi connectivity index (χ4n) is 3.50. The monoisotopic (exact) mass is 284 g/mol. The summed E-state index contributed by atoms with van der Waals surface area (Å²) in [6.07, 6.45) is 5.81. The fraction of sp³-hybridized carbons (Fsp3) is 0.529. The predicted octanol–water partition coefficient (Wildman–Crippen LogP) is 3.17. The molecule has 21 heavy (non-hydrogen) atoms. The summed E-state index contributed by atoms with van der Waals surface area (Å²) in [5.74, 6) is 1.44. The van der Waals surface area contributed by atoms with Crippen LogP contribution in [0.5, 0.6) is 0 Å². The molecule has 0 radical (unpaired) electrons. The van der Waals surface area contributed by atoms with E-state index in [9.17, 15) is 5.11 Å². The largest absolute Gasteiger partial charge is 0.392 e. The van der Waals surface area contributed by atoms with Crippen LogP contribution in [0.4, 0.5) is 0 Å². The Morgan fingerprint density at radius 3 is 2.57 bits per heavy atom. The quantitative estimate of drug-likeness (QED) is 0.940. The highest BCUT2D eigenvalue weighted by Gasteiger charge is 2.50. The number of rotatable bonds is 3. The number of nitrogens with zero attached hydrogens (tertiary/aromatic N) is 2. The summed E-state index contributed by atoms with van der Waals surface area (Å²) in [5, 5.41) is 14.4. The van der Waals surface area contributed by atoms with Gasteiger partial charge in [0.25, 0.3) is 0 Å². The molecule has 2 aromatic rings. The van der Waals surface area contributed by atoms with Crippen LogP contribution in [0.1, 0.15) is 61.7 Å². The number of benzene rings is 1. The molecule has 4 heteroatoms. The first-order valence-corrected chi connectivity index (χ1v) is 7.87. The first kappa shape index (κ1) is 13.0. The molecule has 2 atom stereocenters. The van der Waals surface area contributed by atoms with Crippen LogP contribution in [-0.2, 0) is 5.41 Å².